The van der Waals surface area contributed by atoms with Crippen LogP contribution in [0.3, 0.4) is 0 Å². The van der Waals surface area contributed by atoms with Crippen molar-refractivity contribution in [1.82, 2.24) is 45.2 Å². The van der Waals surface area contributed by atoms with Crippen LogP contribution in [-0.4, -0.2) is 83.8 Å². The summed E-state index contributed by atoms with van der Waals surface area (Å²) in [5.74, 6) is 0.252. The molecule has 0 saturated carbocycles. The maximum Gasteiger partial charge on any atom is 0.323 e. The molecule has 0 aromatic carbocycles. The summed E-state index contributed by atoms with van der Waals surface area (Å²) in [5.41, 5.74) is 5.37. The third kappa shape index (κ3) is 5.67. The number of carbonyl (C=O) groups is 1. The van der Waals surface area contributed by atoms with Crippen molar-refractivity contribution in [2.45, 2.75) is 71.7 Å². The van der Waals surface area contributed by atoms with Crippen LogP contribution >= 0.6 is 7.52 Å². The summed E-state index contributed by atoms with van der Waals surface area (Å²) >= 11 is 0. The first kappa shape index (κ1) is 28.0. The third-order valence-corrected chi connectivity index (χ3v) is 7.79. The van der Waals surface area contributed by atoms with Crippen molar-refractivity contribution in [3.05, 3.63) is 18.0 Å². The summed E-state index contributed by atoms with van der Waals surface area (Å²) in [6.45, 7) is 9.33. The van der Waals surface area contributed by atoms with Gasteiger partial charge < -0.3 is 19.7 Å². The predicted octanol–water partition coefficient (Wildman–Crippen LogP) is 1.48. The lowest BCUT2D eigenvalue weighted by Gasteiger charge is -2.31. The van der Waals surface area contributed by atoms with Crippen LogP contribution in [0.4, 0.5) is 10.2 Å². The smallest absolute Gasteiger partial charge is 0.323 e. The molecule has 3 aromatic rings. The molecule has 1 saturated heterocycles. The number of nitrogen functional groups attached to an aromatic ring is 1. The van der Waals surface area contributed by atoms with Gasteiger partial charge in [0.2, 0.25) is 0 Å². The number of tetrazole rings is 1. The highest BCUT2D eigenvalue weighted by atomic mass is 31.2. The van der Waals surface area contributed by atoms with E-state index < -0.39 is 43.4 Å². The van der Waals surface area contributed by atoms with Crippen molar-refractivity contribution in [2.24, 2.45) is 5.41 Å². The maximum atomic E-state index is 16.3. The second-order valence-corrected chi connectivity index (χ2v) is 12.1. The Balaban J connectivity index is 1.58. The van der Waals surface area contributed by atoms with E-state index in [9.17, 15) is 9.36 Å². The number of nitrogens with one attached hydrogen (secondary N) is 2. The highest BCUT2D eigenvalue weighted by molar-refractivity contribution is 7.56. The number of H-pyrrole nitrogens is 1. The van der Waals surface area contributed by atoms with Crippen LogP contribution in [0.25, 0.3) is 11.2 Å². The number of aromatic amines is 1. The second-order valence-electron chi connectivity index (χ2n) is 9.89. The molecule has 3 aromatic heterocycles. The minimum Gasteiger partial charge on any atom is -0.462 e. The van der Waals surface area contributed by atoms with E-state index in [2.05, 4.69) is 40.7 Å². The minimum absolute atomic E-state index is 0.0382. The lowest BCUT2D eigenvalue weighted by Crippen LogP contribution is -2.41. The Morgan fingerprint density at radius 2 is 2.13 bits per heavy atom. The second kappa shape index (κ2) is 10.6. The number of nitrogens with zero attached hydrogens (tertiary/aromatic N) is 7. The molecule has 0 bridgehead atoms. The van der Waals surface area contributed by atoms with Crippen LogP contribution in [0, 0.1) is 12.3 Å². The fourth-order valence-electron chi connectivity index (χ4n) is 4.37. The number of hydrogen-bond donors (Lipinski definition) is 3. The van der Waals surface area contributed by atoms with Crippen LogP contribution in [0.5, 0.6) is 0 Å². The number of ether oxygens (including phenoxy) is 2. The van der Waals surface area contributed by atoms with Gasteiger partial charge in [0.1, 0.15) is 17.4 Å². The number of aryl methyl sites for hydroxylation is 1. The summed E-state index contributed by atoms with van der Waals surface area (Å²) in [7, 11) is -3.54. The van der Waals surface area contributed by atoms with Gasteiger partial charge in [-0.25, -0.2) is 24.4 Å². The van der Waals surface area contributed by atoms with Gasteiger partial charge in [-0.15, -0.1) is 10.2 Å². The van der Waals surface area contributed by atoms with Gasteiger partial charge in [0.25, 0.3) is 7.52 Å². The number of halogens is 1. The van der Waals surface area contributed by atoms with Gasteiger partial charge in [-0.05, 0) is 27.7 Å². The molecule has 1 aliphatic heterocycles. The van der Waals surface area contributed by atoms with E-state index >= 15 is 4.39 Å². The largest absolute Gasteiger partial charge is 0.462 e. The number of esters is 1. The van der Waals surface area contributed by atoms with Crippen molar-refractivity contribution < 1.29 is 27.7 Å². The number of carbonyl (C=O) groups excluding carboxylic acids is 1. The molecule has 0 aliphatic carbocycles. The Morgan fingerprint density at radius 3 is 2.79 bits per heavy atom. The Morgan fingerprint density at radius 1 is 1.39 bits per heavy atom. The molecule has 0 spiro atoms. The fraction of sp³-hybridized carbons (Fsp3) is 0.667. The number of anilines is 1. The van der Waals surface area contributed by atoms with E-state index in [1.165, 1.54) is 24.5 Å². The molecule has 0 radical (unpaired) electrons. The zero-order valence-electron chi connectivity index (χ0n) is 22.0. The Hall–Kier alpha value is -3.07. The molecular formula is C21H32FN10O5P. The molecule has 2 unspecified atom stereocenters. The predicted molar refractivity (Wildman–Crippen MR) is 133 cm³/mol. The van der Waals surface area contributed by atoms with Crippen LogP contribution in [-0.2, 0) is 29.8 Å². The highest BCUT2D eigenvalue weighted by Gasteiger charge is 2.56. The maximum absolute atomic E-state index is 16.3. The van der Waals surface area contributed by atoms with Crippen LogP contribution in [0.2, 0.25) is 0 Å². The van der Waals surface area contributed by atoms with Gasteiger partial charge in [-0.1, -0.05) is 12.1 Å². The van der Waals surface area contributed by atoms with E-state index in [0.717, 1.165) is 0 Å². The molecule has 17 heteroatoms. The number of alkyl halides is 1. The van der Waals surface area contributed by atoms with Gasteiger partial charge >= 0.3 is 5.97 Å². The molecule has 6 atom stereocenters. The van der Waals surface area contributed by atoms with E-state index in [-0.39, 0.29) is 30.8 Å². The van der Waals surface area contributed by atoms with E-state index in [0.29, 0.717) is 17.0 Å². The quantitative estimate of drug-likeness (QED) is 0.241. The monoisotopic (exact) mass is 554 g/mol. The van der Waals surface area contributed by atoms with Crippen molar-refractivity contribution in [3.63, 3.8) is 0 Å². The third-order valence-electron chi connectivity index (χ3n) is 6.29. The SMILES string of the molecule is Cc1nc(N)c2ncn([C@@H]3O[C@H](COP(C)(=O)N[C@@H](C)C(=O)OC(C)C)C(C)(Cc4nn[nH]n4)[C@H]3F)c2n1. The zero-order chi connectivity index (χ0) is 27.8. The summed E-state index contributed by atoms with van der Waals surface area (Å²) in [6.07, 6.45) is -2.60. The van der Waals surface area contributed by atoms with E-state index in [1.807, 2.05) is 0 Å². The van der Waals surface area contributed by atoms with Crippen LogP contribution in [0.1, 0.15) is 45.6 Å². The number of aromatic nitrogens is 8. The lowest BCUT2D eigenvalue weighted by atomic mass is 9.78. The van der Waals surface area contributed by atoms with Crippen molar-refractivity contribution in [1.29, 1.82) is 0 Å². The molecule has 208 valence electrons. The molecule has 4 N–H and O–H groups in total. The molecular weight excluding hydrogens is 522 g/mol. The van der Waals surface area contributed by atoms with E-state index in [4.69, 9.17) is 19.7 Å². The molecule has 15 nitrogen and oxygen atoms in total. The first-order valence-corrected chi connectivity index (χ1v) is 14.1. The number of rotatable bonds is 10. The molecule has 4 rings (SSSR count). The van der Waals surface area contributed by atoms with Gasteiger partial charge in [0.15, 0.2) is 29.7 Å². The Kier molecular flexibility index (Phi) is 7.79. The molecule has 4 heterocycles. The zero-order valence-corrected chi connectivity index (χ0v) is 22.8. The lowest BCUT2D eigenvalue weighted by molar-refractivity contribution is -0.149. The van der Waals surface area contributed by atoms with Crippen LogP contribution < -0.4 is 10.8 Å². The van der Waals surface area contributed by atoms with Gasteiger partial charge in [-0.2, -0.15) is 5.21 Å². The van der Waals surface area contributed by atoms with Crippen molar-refractivity contribution >= 4 is 30.5 Å². The average molecular weight is 555 g/mol. The number of hydrogen-bond acceptors (Lipinski definition) is 12. The Labute approximate surface area is 217 Å². The Bertz CT molecular complexity index is 1340. The number of imidazole rings is 1. The molecule has 38 heavy (non-hydrogen) atoms. The minimum atomic E-state index is -3.54. The number of nitrogens with two attached hydrogens (primary N) is 1. The summed E-state index contributed by atoms with van der Waals surface area (Å²) in [4.78, 5) is 24.9. The van der Waals surface area contributed by atoms with Crippen molar-refractivity contribution in [3.8, 4) is 0 Å². The summed E-state index contributed by atoms with van der Waals surface area (Å²) < 4.78 is 47.9. The molecule has 0 amide bonds. The molecule has 1 fully saturated rings. The fourth-order valence-corrected chi connectivity index (χ4v) is 5.67. The van der Waals surface area contributed by atoms with E-state index in [1.54, 1.807) is 27.7 Å². The average Bonchev–Trinajstić information content (AvgIpc) is 3.52. The normalized spacial score (nSPS) is 26.1. The summed E-state index contributed by atoms with van der Waals surface area (Å²) in [5, 5.41) is 16.5. The summed E-state index contributed by atoms with van der Waals surface area (Å²) in [6, 6.07) is -0.893. The van der Waals surface area contributed by atoms with Crippen molar-refractivity contribution in [2.75, 3.05) is 19.0 Å². The number of fused-ring (bicyclic) bond motifs is 1. The standard InChI is InChI=1S/C21H32FN10O5P/c1-10(2)36-20(33)11(3)29-38(6,34)35-8-13-21(5,7-14-27-30-31-28-14)16(22)19(37-13)32-9-24-15-17(23)25-12(4)26-18(15)32/h9-11,13,16,19H,7-8H2,1-6H3,(H,29,34)(H2,23,25,26)(H,27,28,30,31)/t11-,13+,16-,19+,21?,38?/m0/s1. The van der Waals surface area contributed by atoms with Gasteiger partial charge in [-0.3, -0.25) is 13.9 Å². The first-order chi connectivity index (χ1) is 17.8. The first-order valence-electron chi connectivity index (χ1n) is 12.0. The van der Waals surface area contributed by atoms with Gasteiger partial charge in [0, 0.05) is 18.5 Å². The molecule has 1 aliphatic rings. The highest BCUT2D eigenvalue weighted by Crippen LogP contribution is 2.50. The topological polar surface area (TPSA) is 198 Å². The van der Waals surface area contributed by atoms with Gasteiger partial charge in [0.05, 0.1) is 25.1 Å². The van der Waals surface area contributed by atoms with Crippen LogP contribution in [0.15, 0.2) is 6.33 Å².